The Bertz CT molecular complexity index is 542. The fourth-order valence-corrected chi connectivity index (χ4v) is 3.98. The van der Waals surface area contributed by atoms with Crippen LogP contribution in [0.5, 0.6) is 5.75 Å². The molecule has 0 N–H and O–H groups in total. The number of ether oxygens (including phenoxy) is 1. The number of rotatable bonds is 7. The molecular formula is C15H21I2NOS. The highest BCUT2D eigenvalue weighted by atomic mass is 127. The van der Waals surface area contributed by atoms with E-state index in [2.05, 4.69) is 52.3 Å². The zero-order valence-electron chi connectivity index (χ0n) is 12.0. The van der Waals surface area contributed by atoms with Gasteiger partial charge in [-0.1, -0.05) is 46.4 Å². The van der Waals surface area contributed by atoms with Crippen LogP contribution in [0.25, 0.3) is 10.2 Å². The molecule has 0 aliphatic rings. The number of hydrogen-bond acceptors (Lipinski definition) is 2. The number of fused-ring (bicyclic) bond motifs is 1. The first-order chi connectivity index (χ1) is 9.27. The van der Waals surface area contributed by atoms with Crippen molar-refractivity contribution in [3.05, 3.63) is 23.2 Å². The number of benzene rings is 1. The zero-order chi connectivity index (χ0) is 13.7. The van der Waals surface area contributed by atoms with Crippen molar-refractivity contribution in [2.45, 2.75) is 39.2 Å². The third-order valence-electron chi connectivity index (χ3n) is 3.35. The maximum Gasteiger partial charge on any atom is 0.266 e. The molecule has 0 fully saturated rings. The van der Waals surface area contributed by atoms with Crippen LogP contribution in [0.4, 0.5) is 0 Å². The topological polar surface area (TPSA) is 13.1 Å². The first-order valence-corrected chi connectivity index (χ1v) is 9.14. The fourth-order valence-electron chi connectivity index (χ4n) is 2.37. The molecule has 0 atom stereocenters. The number of nitrogens with zero attached hydrogens (tertiary/aromatic N) is 1. The summed E-state index contributed by atoms with van der Waals surface area (Å²) in [5, 5.41) is 1.37. The molecule has 0 radical (unpaired) electrons. The van der Waals surface area contributed by atoms with Gasteiger partial charge in [0, 0.05) is 13.3 Å². The van der Waals surface area contributed by atoms with E-state index in [-0.39, 0.29) is 24.0 Å². The Labute approximate surface area is 156 Å². The molecule has 1 aromatic carbocycles. The predicted octanol–water partition coefficient (Wildman–Crippen LogP) is 1.51. The van der Waals surface area contributed by atoms with Crippen LogP contribution >= 0.6 is 33.9 Å². The van der Waals surface area contributed by atoms with Crippen LogP contribution in [0.1, 0.15) is 30.7 Å². The van der Waals surface area contributed by atoms with Crippen LogP contribution in [0.3, 0.4) is 0 Å². The molecule has 2 aromatic rings. The molecule has 2 rings (SSSR count). The van der Waals surface area contributed by atoms with E-state index in [4.69, 9.17) is 4.74 Å². The fraction of sp³-hybridized carbons (Fsp3) is 0.533. The van der Waals surface area contributed by atoms with Crippen molar-refractivity contribution in [3.8, 4) is 5.75 Å². The first-order valence-electron chi connectivity index (χ1n) is 6.80. The molecule has 0 spiro atoms. The molecule has 0 saturated heterocycles. The normalized spacial score (nSPS) is 10.6. The standard InChI is InChI=1S/C15H21INOS.HI/c1-12-17(11-6-4-3-5-10-16)15-13(18-2)8-7-9-14(15)19-12;/h7-9H,3-6,10-11H2,1-2H3;1H/q+1;/p-1. The quantitative estimate of drug-likeness (QED) is 0.235. The van der Waals surface area contributed by atoms with Crippen molar-refractivity contribution >= 4 is 44.1 Å². The molecule has 20 heavy (non-hydrogen) atoms. The Morgan fingerprint density at radius 2 is 1.95 bits per heavy atom. The Balaban J connectivity index is 0.00000200. The molecule has 112 valence electrons. The summed E-state index contributed by atoms with van der Waals surface area (Å²) in [6.45, 7) is 3.31. The number of halogens is 2. The average molecular weight is 517 g/mol. The monoisotopic (exact) mass is 517 g/mol. The summed E-state index contributed by atoms with van der Waals surface area (Å²) in [5.41, 5.74) is 1.27. The highest BCUT2D eigenvalue weighted by molar-refractivity contribution is 14.1. The lowest BCUT2D eigenvalue weighted by molar-refractivity contribution is -0.673. The molecule has 1 aromatic heterocycles. The van der Waals surface area contributed by atoms with E-state index >= 15 is 0 Å². The lowest BCUT2D eigenvalue weighted by Gasteiger charge is -2.01. The van der Waals surface area contributed by atoms with Gasteiger partial charge in [0.25, 0.3) is 5.52 Å². The molecule has 0 bridgehead atoms. The summed E-state index contributed by atoms with van der Waals surface area (Å²) in [7, 11) is 1.76. The van der Waals surface area contributed by atoms with Gasteiger partial charge in [-0.25, -0.2) is 0 Å². The minimum Gasteiger partial charge on any atom is -1.00 e. The Kier molecular flexibility index (Phi) is 8.66. The van der Waals surface area contributed by atoms with E-state index in [1.54, 1.807) is 7.11 Å². The smallest absolute Gasteiger partial charge is 0.266 e. The van der Waals surface area contributed by atoms with Crippen molar-refractivity contribution in [2.75, 3.05) is 11.5 Å². The first kappa shape index (κ1) is 18.4. The maximum atomic E-state index is 5.51. The summed E-state index contributed by atoms with van der Waals surface area (Å²) in [4.78, 5) is 0. The minimum absolute atomic E-state index is 0. The highest BCUT2D eigenvalue weighted by Crippen LogP contribution is 2.28. The number of methoxy groups -OCH3 is 1. The summed E-state index contributed by atoms with van der Waals surface area (Å²) in [5.74, 6) is 0.995. The van der Waals surface area contributed by atoms with Crippen LogP contribution < -0.4 is 33.3 Å². The van der Waals surface area contributed by atoms with Gasteiger partial charge >= 0.3 is 0 Å². The Hall–Kier alpha value is 0.370. The largest absolute Gasteiger partial charge is 1.00 e. The summed E-state index contributed by atoms with van der Waals surface area (Å²) in [6.07, 6.45) is 5.27. The van der Waals surface area contributed by atoms with Crippen molar-refractivity contribution in [1.29, 1.82) is 0 Å². The van der Waals surface area contributed by atoms with Gasteiger partial charge < -0.3 is 28.7 Å². The highest BCUT2D eigenvalue weighted by Gasteiger charge is 2.20. The second-order valence-electron chi connectivity index (χ2n) is 4.68. The van der Waals surface area contributed by atoms with E-state index in [0.717, 1.165) is 12.3 Å². The SMILES string of the molecule is COc1cccc2sc(C)[n+](CCCCCCI)c12.[I-]. The third kappa shape index (κ3) is 4.43. The number of hydrogen-bond donors (Lipinski definition) is 0. The molecule has 5 heteroatoms. The van der Waals surface area contributed by atoms with E-state index in [1.165, 1.54) is 45.3 Å². The number of unbranched alkanes of at least 4 members (excludes halogenated alkanes) is 3. The molecule has 0 aliphatic carbocycles. The van der Waals surface area contributed by atoms with Gasteiger partial charge in [-0.3, -0.25) is 0 Å². The Morgan fingerprint density at radius 1 is 1.20 bits per heavy atom. The van der Waals surface area contributed by atoms with Crippen molar-refractivity contribution in [1.82, 2.24) is 0 Å². The average Bonchev–Trinajstić information content (AvgIpc) is 2.74. The van der Waals surface area contributed by atoms with Crippen LogP contribution in [0.15, 0.2) is 18.2 Å². The third-order valence-corrected chi connectivity index (χ3v) is 5.18. The van der Waals surface area contributed by atoms with Gasteiger partial charge in [0.1, 0.15) is 11.2 Å². The summed E-state index contributed by atoms with van der Waals surface area (Å²) < 4.78 is 10.5. The number of alkyl halides is 1. The lowest BCUT2D eigenvalue weighted by atomic mass is 10.2. The van der Waals surface area contributed by atoms with Crippen LogP contribution in [-0.2, 0) is 6.54 Å². The molecular weight excluding hydrogens is 496 g/mol. The molecule has 0 aliphatic heterocycles. The second kappa shape index (κ2) is 9.40. The van der Waals surface area contributed by atoms with Gasteiger partial charge in [-0.2, -0.15) is 4.57 Å². The maximum absolute atomic E-state index is 5.51. The molecule has 0 saturated carbocycles. The second-order valence-corrected chi connectivity index (χ2v) is 7.00. The number of aryl methyl sites for hydroxylation is 2. The van der Waals surface area contributed by atoms with Crippen LogP contribution in [0.2, 0.25) is 0 Å². The molecule has 0 amide bonds. The van der Waals surface area contributed by atoms with E-state index < -0.39 is 0 Å². The minimum atomic E-state index is 0. The van der Waals surface area contributed by atoms with Gasteiger partial charge in [-0.15, -0.1) is 0 Å². The summed E-state index contributed by atoms with van der Waals surface area (Å²) in [6, 6.07) is 6.31. The van der Waals surface area contributed by atoms with Crippen molar-refractivity contribution in [3.63, 3.8) is 0 Å². The van der Waals surface area contributed by atoms with Crippen LogP contribution in [-0.4, -0.2) is 11.5 Å². The van der Waals surface area contributed by atoms with Gasteiger partial charge in [0.15, 0.2) is 5.75 Å². The van der Waals surface area contributed by atoms with E-state index in [0.29, 0.717) is 0 Å². The van der Waals surface area contributed by atoms with Crippen LogP contribution in [0, 0.1) is 6.92 Å². The lowest BCUT2D eigenvalue weighted by Crippen LogP contribution is -3.00. The van der Waals surface area contributed by atoms with Gasteiger partial charge in [-0.05, 0) is 29.4 Å². The molecule has 1 heterocycles. The predicted molar refractivity (Wildman–Crippen MR) is 90.7 cm³/mol. The number of thiazole rings is 1. The number of para-hydroxylation sites is 1. The summed E-state index contributed by atoms with van der Waals surface area (Å²) >= 11 is 4.31. The Morgan fingerprint density at radius 3 is 2.65 bits per heavy atom. The van der Waals surface area contributed by atoms with Gasteiger partial charge in [0.05, 0.1) is 7.11 Å². The van der Waals surface area contributed by atoms with E-state index in [9.17, 15) is 0 Å². The van der Waals surface area contributed by atoms with Gasteiger partial charge in [0.2, 0.25) is 5.01 Å². The van der Waals surface area contributed by atoms with E-state index in [1.807, 2.05) is 11.3 Å². The zero-order valence-corrected chi connectivity index (χ0v) is 17.1. The molecule has 0 unspecified atom stereocenters. The number of aromatic nitrogens is 1. The van der Waals surface area contributed by atoms with Crippen molar-refractivity contribution < 1.29 is 33.3 Å². The molecule has 2 nitrogen and oxygen atoms in total. The van der Waals surface area contributed by atoms with Crippen molar-refractivity contribution in [2.24, 2.45) is 0 Å².